The minimum Gasteiger partial charge on any atom is -0.361 e. The molecule has 1 nitrogen and oxygen atoms in total. The molecule has 0 radical (unpaired) electrons. The third-order valence-electron chi connectivity index (χ3n) is 3.01. The highest BCUT2D eigenvalue weighted by Gasteiger charge is 2.05. The number of para-hydroxylation sites is 1. The zero-order valence-corrected chi connectivity index (χ0v) is 11.4. The van der Waals surface area contributed by atoms with E-state index in [1.54, 1.807) is 0 Å². The Hall–Kier alpha value is -1.29. The van der Waals surface area contributed by atoms with Crippen molar-refractivity contribution in [2.24, 2.45) is 0 Å². The van der Waals surface area contributed by atoms with Gasteiger partial charge in [-0.15, -0.1) is 0 Å². The summed E-state index contributed by atoms with van der Waals surface area (Å²) in [5.74, 6) is 0. The molecule has 0 unspecified atom stereocenters. The first-order valence-corrected chi connectivity index (χ1v) is 6.71. The van der Waals surface area contributed by atoms with E-state index in [0.717, 1.165) is 6.42 Å². The standard InChI is InChI=1S/C15H12IN/c16-14-7-3-1-5-11(14)9-12-10-17-15-8-4-2-6-13(12)15/h1-8,10,17H,9H2. The maximum absolute atomic E-state index is 3.33. The fourth-order valence-corrected chi connectivity index (χ4v) is 2.70. The molecule has 0 fully saturated rings. The molecule has 0 aliphatic rings. The predicted octanol–water partition coefficient (Wildman–Crippen LogP) is 4.36. The molecule has 0 aliphatic carbocycles. The number of halogens is 1. The minimum atomic E-state index is 0.989. The van der Waals surface area contributed by atoms with E-state index in [2.05, 4.69) is 82.3 Å². The molecular formula is C15H12IN. The molecular weight excluding hydrogens is 321 g/mol. The second-order valence-electron chi connectivity index (χ2n) is 4.13. The number of hydrogen-bond acceptors (Lipinski definition) is 0. The second-order valence-corrected chi connectivity index (χ2v) is 5.29. The Morgan fingerprint density at radius 2 is 1.65 bits per heavy atom. The average Bonchev–Trinajstić information content (AvgIpc) is 2.76. The Bertz CT molecular complexity index is 655. The summed E-state index contributed by atoms with van der Waals surface area (Å²) in [7, 11) is 0. The van der Waals surface area contributed by atoms with Crippen LogP contribution in [0.4, 0.5) is 0 Å². The first-order valence-electron chi connectivity index (χ1n) is 5.63. The summed E-state index contributed by atoms with van der Waals surface area (Å²) in [6.45, 7) is 0. The summed E-state index contributed by atoms with van der Waals surface area (Å²) in [6.07, 6.45) is 3.11. The van der Waals surface area contributed by atoms with Crippen molar-refractivity contribution in [3.8, 4) is 0 Å². The van der Waals surface area contributed by atoms with E-state index in [1.807, 2.05) is 0 Å². The molecule has 1 aromatic heterocycles. The van der Waals surface area contributed by atoms with Crippen LogP contribution < -0.4 is 0 Å². The highest BCUT2D eigenvalue weighted by Crippen LogP contribution is 2.22. The zero-order valence-electron chi connectivity index (χ0n) is 9.28. The van der Waals surface area contributed by atoms with Gasteiger partial charge >= 0.3 is 0 Å². The van der Waals surface area contributed by atoms with Crippen molar-refractivity contribution in [3.05, 3.63) is 69.4 Å². The molecule has 84 valence electrons. The van der Waals surface area contributed by atoms with Gasteiger partial charge < -0.3 is 4.98 Å². The van der Waals surface area contributed by atoms with E-state index in [0.29, 0.717) is 0 Å². The lowest BCUT2D eigenvalue weighted by Crippen LogP contribution is -1.89. The fraction of sp³-hybridized carbons (Fsp3) is 0.0667. The van der Waals surface area contributed by atoms with Gasteiger partial charge in [0.05, 0.1) is 0 Å². The Labute approximate surface area is 114 Å². The zero-order chi connectivity index (χ0) is 11.7. The largest absolute Gasteiger partial charge is 0.361 e. The Balaban J connectivity index is 2.03. The van der Waals surface area contributed by atoms with Crippen molar-refractivity contribution in [2.75, 3.05) is 0 Å². The lowest BCUT2D eigenvalue weighted by Gasteiger charge is -2.03. The summed E-state index contributed by atoms with van der Waals surface area (Å²) in [6, 6.07) is 17.0. The summed E-state index contributed by atoms with van der Waals surface area (Å²) in [5, 5.41) is 1.33. The molecule has 1 N–H and O–H groups in total. The molecule has 0 amide bonds. The van der Waals surface area contributed by atoms with E-state index in [-0.39, 0.29) is 0 Å². The molecule has 3 rings (SSSR count). The number of fused-ring (bicyclic) bond motifs is 1. The van der Waals surface area contributed by atoms with E-state index >= 15 is 0 Å². The van der Waals surface area contributed by atoms with E-state index in [4.69, 9.17) is 0 Å². The molecule has 0 saturated carbocycles. The highest BCUT2D eigenvalue weighted by molar-refractivity contribution is 14.1. The van der Waals surface area contributed by atoms with Crippen LogP contribution in [0.1, 0.15) is 11.1 Å². The first-order chi connectivity index (χ1) is 8.34. The van der Waals surface area contributed by atoms with Gasteiger partial charge in [-0.05, 0) is 45.9 Å². The summed E-state index contributed by atoms with van der Waals surface area (Å²) in [4.78, 5) is 3.33. The van der Waals surface area contributed by atoms with E-state index in [9.17, 15) is 0 Å². The number of H-pyrrole nitrogens is 1. The second kappa shape index (κ2) is 4.53. The Kier molecular flexibility index (Phi) is 2.89. The van der Waals surface area contributed by atoms with Gasteiger partial charge in [0.2, 0.25) is 0 Å². The maximum Gasteiger partial charge on any atom is 0.0456 e. The molecule has 1 heterocycles. The number of nitrogens with one attached hydrogen (secondary N) is 1. The average molecular weight is 333 g/mol. The lowest BCUT2D eigenvalue weighted by atomic mass is 10.0. The molecule has 0 atom stereocenters. The van der Waals surface area contributed by atoms with Gasteiger partial charge in [0.1, 0.15) is 0 Å². The Morgan fingerprint density at radius 3 is 2.53 bits per heavy atom. The van der Waals surface area contributed by atoms with Crippen molar-refractivity contribution in [2.45, 2.75) is 6.42 Å². The van der Waals surface area contributed by atoms with Crippen molar-refractivity contribution in [3.63, 3.8) is 0 Å². The van der Waals surface area contributed by atoms with Gasteiger partial charge in [-0.2, -0.15) is 0 Å². The van der Waals surface area contributed by atoms with Crippen LogP contribution in [-0.2, 0) is 6.42 Å². The monoisotopic (exact) mass is 333 g/mol. The van der Waals surface area contributed by atoms with Crippen LogP contribution in [0.25, 0.3) is 10.9 Å². The normalized spacial score (nSPS) is 10.9. The molecule has 0 spiro atoms. The Morgan fingerprint density at radius 1 is 0.882 bits per heavy atom. The van der Waals surface area contributed by atoms with Crippen molar-refractivity contribution >= 4 is 33.5 Å². The summed E-state index contributed by atoms with van der Waals surface area (Å²) < 4.78 is 1.33. The van der Waals surface area contributed by atoms with Gasteiger partial charge in [-0.1, -0.05) is 36.4 Å². The molecule has 2 aromatic carbocycles. The van der Waals surface area contributed by atoms with Crippen LogP contribution in [0.3, 0.4) is 0 Å². The van der Waals surface area contributed by atoms with Gasteiger partial charge in [0, 0.05) is 27.1 Å². The van der Waals surface area contributed by atoms with Crippen molar-refractivity contribution in [1.82, 2.24) is 4.98 Å². The van der Waals surface area contributed by atoms with Crippen LogP contribution in [0.2, 0.25) is 0 Å². The fourth-order valence-electron chi connectivity index (χ4n) is 2.12. The maximum atomic E-state index is 3.33. The van der Waals surface area contributed by atoms with Crippen LogP contribution in [0, 0.1) is 3.57 Å². The van der Waals surface area contributed by atoms with Gasteiger partial charge in [-0.3, -0.25) is 0 Å². The molecule has 0 aliphatic heterocycles. The molecule has 2 heteroatoms. The van der Waals surface area contributed by atoms with Crippen LogP contribution in [0.5, 0.6) is 0 Å². The van der Waals surface area contributed by atoms with Gasteiger partial charge in [-0.25, -0.2) is 0 Å². The summed E-state index contributed by atoms with van der Waals surface area (Å²) >= 11 is 2.40. The highest BCUT2D eigenvalue weighted by atomic mass is 127. The van der Waals surface area contributed by atoms with Gasteiger partial charge in [0.25, 0.3) is 0 Å². The number of rotatable bonds is 2. The van der Waals surface area contributed by atoms with E-state index < -0.39 is 0 Å². The third-order valence-corrected chi connectivity index (χ3v) is 4.07. The molecule has 0 saturated heterocycles. The van der Waals surface area contributed by atoms with Crippen molar-refractivity contribution < 1.29 is 0 Å². The predicted molar refractivity (Wildman–Crippen MR) is 80.3 cm³/mol. The smallest absolute Gasteiger partial charge is 0.0456 e. The summed E-state index contributed by atoms with van der Waals surface area (Å²) in [5.41, 5.74) is 3.97. The van der Waals surface area contributed by atoms with Gasteiger partial charge in [0.15, 0.2) is 0 Å². The number of aromatic nitrogens is 1. The van der Waals surface area contributed by atoms with Crippen LogP contribution in [-0.4, -0.2) is 4.98 Å². The van der Waals surface area contributed by atoms with Crippen LogP contribution in [0.15, 0.2) is 54.7 Å². The number of benzene rings is 2. The minimum absolute atomic E-state index is 0.989. The SMILES string of the molecule is Ic1ccccc1Cc1c[nH]c2ccccc12. The molecule has 3 aromatic rings. The first kappa shape index (κ1) is 10.8. The molecule has 17 heavy (non-hydrogen) atoms. The number of aromatic amines is 1. The topological polar surface area (TPSA) is 15.8 Å². The molecule has 0 bridgehead atoms. The van der Waals surface area contributed by atoms with Crippen LogP contribution >= 0.6 is 22.6 Å². The lowest BCUT2D eigenvalue weighted by molar-refractivity contribution is 1.19. The number of hydrogen-bond donors (Lipinski definition) is 1. The van der Waals surface area contributed by atoms with E-state index in [1.165, 1.54) is 25.6 Å². The van der Waals surface area contributed by atoms with Crippen molar-refractivity contribution in [1.29, 1.82) is 0 Å². The quantitative estimate of drug-likeness (QED) is 0.671. The third kappa shape index (κ3) is 2.09.